The lowest BCUT2D eigenvalue weighted by molar-refractivity contribution is 0.0603. The summed E-state index contributed by atoms with van der Waals surface area (Å²) in [6.45, 7) is 9.84. The van der Waals surface area contributed by atoms with Gasteiger partial charge in [0.1, 0.15) is 11.4 Å². The highest BCUT2D eigenvalue weighted by molar-refractivity contribution is 5.99. The minimum absolute atomic E-state index is 0.149. The molecule has 18 heavy (non-hydrogen) atoms. The van der Waals surface area contributed by atoms with E-state index in [1.165, 1.54) is 7.11 Å². The van der Waals surface area contributed by atoms with Crippen LogP contribution >= 0.6 is 0 Å². The fourth-order valence-corrected chi connectivity index (χ4v) is 1.62. The SMILES string of the molecule is COC(=O)c1c(NC(C)C)nn(C(C)(C)C)c1N. The van der Waals surface area contributed by atoms with Gasteiger partial charge in [-0.05, 0) is 34.6 Å². The first-order valence-electron chi connectivity index (χ1n) is 5.92. The minimum atomic E-state index is -0.480. The second kappa shape index (κ2) is 4.88. The van der Waals surface area contributed by atoms with Gasteiger partial charge in [0.2, 0.25) is 0 Å². The highest BCUT2D eigenvalue weighted by Gasteiger charge is 2.28. The highest BCUT2D eigenvalue weighted by Crippen LogP contribution is 2.28. The maximum atomic E-state index is 11.8. The summed E-state index contributed by atoms with van der Waals surface area (Å²) in [5, 5.41) is 7.48. The topological polar surface area (TPSA) is 82.2 Å². The Morgan fingerprint density at radius 2 is 2.00 bits per heavy atom. The highest BCUT2D eigenvalue weighted by atomic mass is 16.5. The third-order valence-corrected chi connectivity index (χ3v) is 2.37. The molecule has 0 aliphatic heterocycles. The standard InChI is InChI=1S/C12H22N4O2/c1-7(2)14-10-8(11(17)18-6)9(13)16(15-10)12(3,4)5/h7H,13H2,1-6H3,(H,14,15). The first kappa shape index (κ1) is 14.3. The molecule has 6 heteroatoms. The Hall–Kier alpha value is -1.72. The zero-order chi connectivity index (χ0) is 14.1. The molecule has 0 spiro atoms. The lowest BCUT2D eigenvalue weighted by atomic mass is 10.1. The Balaban J connectivity index is 3.36. The van der Waals surface area contributed by atoms with Crippen molar-refractivity contribution in [1.82, 2.24) is 9.78 Å². The number of hydrogen-bond acceptors (Lipinski definition) is 5. The molecule has 0 saturated carbocycles. The number of nitrogens with two attached hydrogens (primary N) is 1. The summed E-state index contributed by atoms with van der Waals surface area (Å²) in [7, 11) is 1.33. The number of aromatic nitrogens is 2. The zero-order valence-electron chi connectivity index (χ0n) is 11.9. The van der Waals surface area contributed by atoms with Crippen LogP contribution in [0.5, 0.6) is 0 Å². The predicted octanol–water partition coefficient (Wildman–Crippen LogP) is 1.83. The molecule has 1 heterocycles. The zero-order valence-corrected chi connectivity index (χ0v) is 11.9. The largest absolute Gasteiger partial charge is 0.465 e. The molecular weight excluding hydrogens is 232 g/mol. The van der Waals surface area contributed by atoms with Gasteiger partial charge in [-0.15, -0.1) is 0 Å². The molecule has 1 aromatic rings. The van der Waals surface area contributed by atoms with E-state index in [1.54, 1.807) is 4.68 Å². The molecule has 0 aromatic carbocycles. The molecular formula is C12H22N4O2. The van der Waals surface area contributed by atoms with E-state index in [0.29, 0.717) is 17.2 Å². The summed E-state index contributed by atoms with van der Waals surface area (Å²) >= 11 is 0. The van der Waals surface area contributed by atoms with E-state index in [1.807, 2.05) is 34.6 Å². The van der Waals surface area contributed by atoms with Crippen LogP contribution in [0.2, 0.25) is 0 Å². The van der Waals surface area contributed by atoms with Crippen LogP contribution in [0.1, 0.15) is 45.0 Å². The van der Waals surface area contributed by atoms with Crippen molar-refractivity contribution < 1.29 is 9.53 Å². The van der Waals surface area contributed by atoms with E-state index in [4.69, 9.17) is 10.5 Å². The average Bonchev–Trinajstić information content (AvgIpc) is 2.53. The van der Waals surface area contributed by atoms with Crippen LogP contribution in [0.3, 0.4) is 0 Å². The molecule has 1 rings (SSSR count). The van der Waals surface area contributed by atoms with Crippen LogP contribution in [-0.4, -0.2) is 28.9 Å². The summed E-state index contributed by atoms with van der Waals surface area (Å²) in [6, 6.07) is 0.149. The lowest BCUT2D eigenvalue weighted by Gasteiger charge is -2.20. The van der Waals surface area contributed by atoms with Gasteiger partial charge in [-0.1, -0.05) is 0 Å². The molecule has 0 radical (unpaired) electrons. The minimum Gasteiger partial charge on any atom is -0.465 e. The van der Waals surface area contributed by atoms with E-state index in [2.05, 4.69) is 10.4 Å². The number of methoxy groups -OCH3 is 1. The Bertz CT molecular complexity index is 444. The molecule has 6 nitrogen and oxygen atoms in total. The van der Waals surface area contributed by atoms with Crippen LogP contribution in [0.4, 0.5) is 11.6 Å². The first-order valence-corrected chi connectivity index (χ1v) is 5.92. The fraction of sp³-hybridized carbons (Fsp3) is 0.667. The molecule has 0 unspecified atom stereocenters. The quantitative estimate of drug-likeness (QED) is 0.804. The van der Waals surface area contributed by atoms with Crippen LogP contribution in [0.15, 0.2) is 0 Å². The monoisotopic (exact) mass is 254 g/mol. The van der Waals surface area contributed by atoms with E-state index in [-0.39, 0.29) is 11.6 Å². The number of esters is 1. The maximum absolute atomic E-state index is 11.8. The van der Waals surface area contributed by atoms with Gasteiger partial charge < -0.3 is 15.8 Å². The normalized spacial score (nSPS) is 11.7. The van der Waals surface area contributed by atoms with Gasteiger partial charge in [0.25, 0.3) is 0 Å². The van der Waals surface area contributed by atoms with E-state index >= 15 is 0 Å². The van der Waals surface area contributed by atoms with Crippen LogP contribution in [-0.2, 0) is 10.3 Å². The Morgan fingerprint density at radius 1 is 1.44 bits per heavy atom. The molecule has 0 atom stereocenters. The molecule has 0 aliphatic rings. The summed E-state index contributed by atoms with van der Waals surface area (Å²) < 4.78 is 6.38. The molecule has 3 N–H and O–H groups in total. The van der Waals surface area contributed by atoms with Crippen molar-refractivity contribution in [3.63, 3.8) is 0 Å². The molecule has 102 valence electrons. The third-order valence-electron chi connectivity index (χ3n) is 2.37. The summed E-state index contributed by atoms with van der Waals surface area (Å²) in [5.41, 5.74) is 5.99. The van der Waals surface area contributed by atoms with Gasteiger partial charge in [0.15, 0.2) is 5.82 Å². The number of nitrogens with zero attached hydrogens (tertiary/aromatic N) is 2. The predicted molar refractivity (Wildman–Crippen MR) is 71.7 cm³/mol. The van der Waals surface area contributed by atoms with Crippen LogP contribution in [0.25, 0.3) is 0 Å². The van der Waals surface area contributed by atoms with Gasteiger partial charge in [0.05, 0.1) is 12.6 Å². The number of carbonyl (C=O) groups is 1. The lowest BCUT2D eigenvalue weighted by Crippen LogP contribution is -2.25. The number of rotatable bonds is 3. The average molecular weight is 254 g/mol. The Kier molecular flexibility index (Phi) is 3.88. The van der Waals surface area contributed by atoms with E-state index < -0.39 is 5.97 Å². The fourth-order valence-electron chi connectivity index (χ4n) is 1.62. The van der Waals surface area contributed by atoms with Crippen molar-refractivity contribution in [3.8, 4) is 0 Å². The number of anilines is 2. The molecule has 1 aromatic heterocycles. The smallest absolute Gasteiger partial charge is 0.345 e. The number of nitrogens with one attached hydrogen (secondary N) is 1. The summed E-state index contributed by atoms with van der Waals surface area (Å²) in [5.74, 6) is 0.299. The Labute approximate surface area is 107 Å². The molecule has 0 saturated heterocycles. The van der Waals surface area contributed by atoms with Crippen molar-refractivity contribution in [3.05, 3.63) is 5.56 Å². The number of nitrogen functional groups attached to an aromatic ring is 1. The second-order valence-corrected chi connectivity index (χ2v) is 5.48. The van der Waals surface area contributed by atoms with Gasteiger partial charge in [-0.3, -0.25) is 0 Å². The molecule has 0 aliphatic carbocycles. The maximum Gasteiger partial charge on any atom is 0.345 e. The summed E-state index contributed by atoms with van der Waals surface area (Å²) in [6.07, 6.45) is 0. The first-order chi connectivity index (χ1) is 8.18. The van der Waals surface area contributed by atoms with Crippen molar-refractivity contribution in [2.75, 3.05) is 18.2 Å². The number of carbonyl (C=O) groups excluding carboxylic acids is 1. The van der Waals surface area contributed by atoms with Crippen LogP contribution in [0, 0.1) is 0 Å². The molecule has 0 amide bonds. The van der Waals surface area contributed by atoms with Gasteiger partial charge in [0, 0.05) is 6.04 Å². The van der Waals surface area contributed by atoms with Gasteiger partial charge >= 0.3 is 5.97 Å². The van der Waals surface area contributed by atoms with Crippen molar-refractivity contribution >= 4 is 17.6 Å². The Morgan fingerprint density at radius 3 is 2.39 bits per heavy atom. The number of ether oxygens (including phenoxy) is 1. The summed E-state index contributed by atoms with van der Waals surface area (Å²) in [4.78, 5) is 11.8. The molecule has 0 bridgehead atoms. The van der Waals surface area contributed by atoms with E-state index in [0.717, 1.165) is 0 Å². The van der Waals surface area contributed by atoms with Gasteiger partial charge in [-0.2, -0.15) is 5.10 Å². The molecule has 0 fully saturated rings. The third kappa shape index (κ3) is 2.75. The van der Waals surface area contributed by atoms with Crippen molar-refractivity contribution in [1.29, 1.82) is 0 Å². The van der Waals surface area contributed by atoms with Crippen molar-refractivity contribution in [2.45, 2.75) is 46.2 Å². The van der Waals surface area contributed by atoms with Gasteiger partial charge in [-0.25, -0.2) is 9.48 Å². The number of hydrogen-bond donors (Lipinski definition) is 2. The van der Waals surface area contributed by atoms with Crippen LogP contribution < -0.4 is 11.1 Å². The second-order valence-electron chi connectivity index (χ2n) is 5.48. The van der Waals surface area contributed by atoms with E-state index in [9.17, 15) is 4.79 Å². The van der Waals surface area contributed by atoms with Crippen molar-refractivity contribution in [2.24, 2.45) is 0 Å².